The number of carbonyl (C=O) groups excluding carboxylic acids is 1. The molecule has 1 aliphatic rings. The topological polar surface area (TPSA) is 57.1 Å². The van der Waals surface area contributed by atoms with Gasteiger partial charge < -0.3 is 14.2 Å². The summed E-state index contributed by atoms with van der Waals surface area (Å²) >= 11 is 12.1. The van der Waals surface area contributed by atoms with Crippen molar-refractivity contribution in [2.24, 2.45) is 10.9 Å². The minimum Gasteiger partial charge on any atom is -0.493 e. The van der Waals surface area contributed by atoms with Crippen molar-refractivity contribution in [2.45, 2.75) is 13.8 Å². The predicted octanol–water partition coefficient (Wildman–Crippen LogP) is 5.38. The molecule has 3 rings (SSSR count). The van der Waals surface area contributed by atoms with E-state index in [9.17, 15) is 4.79 Å². The molecule has 0 N–H and O–H groups in total. The van der Waals surface area contributed by atoms with Crippen molar-refractivity contribution < 1.29 is 19.0 Å². The Hall–Kier alpha value is -2.50. The summed E-state index contributed by atoms with van der Waals surface area (Å²) in [5.41, 5.74) is 1.39. The molecule has 0 radical (unpaired) electrons. The van der Waals surface area contributed by atoms with Gasteiger partial charge in [0.15, 0.2) is 17.2 Å². The molecule has 28 heavy (non-hydrogen) atoms. The molecule has 7 heteroatoms. The molecule has 0 unspecified atom stereocenters. The average Bonchev–Trinajstić information content (AvgIpc) is 3.00. The van der Waals surface area contributed by atoms with Crippen LogP contribution < -0.4 is 9.47 Å². The Morgan fingerprint density at radius 1 is 1.14 bits per heavy atom. The number of nitrogens with zero attached hydrogens (tertiary/aromatic N) is 1. The lowest BCUT2D eigenvalue weighted by Crippen LogP contribution is -2.06. The lowest BCUT2D eigenvalue weighted by atomic mass is 10.1. The zero-order chi connectivity index (χ0) is 20.3. The highest BCUT2D eigenvalue weighted by atomic mass is 35.5. The number of carbonyl (C=O) groups is 1. The van der Waals surface area contributed by atoms with Gasteiger partial charge >= 0.3 is 5.97 Å². The van der Waals surface area contributed by atoms with Gasteiger partial charge in [0, 0.05) is 5.02 Å². The summed E-state index contributed by atoms with van der Waals surface area (Å²) in [7, 11) is 1.57. The molecule has 2 aromatic rings. The van der Waals surface area contributed by atoms with Crippen LogP contribution in [0.4, 0.5) is 0 Å². The fourth-order valence-electron chi connectivity index (χ4n) is 2.49. The Labute approximate surface area is 173 Å². The zero-order valence-electron chi connectivity index (χ0n) is 15.7. The van der Waals surface area contributed by atoms with Gasteiger partial charge in [-0.2, -0.15) is 0 Å². The van der Waals surface area contributed by atoms with Crippen LogP contribution in [0.15, 0.2) is 47.1 Å². The number of aliphatic imine (C=N–C) groups is 1. The van der Waals surface area contributed by atoms with Gasteiger partial charge in [-0.25, -0.2) is 9.79 Å². The molecule has 0 bridgehead atoms. The highest BCUT2D eigenvalue weighted by molar-refractivity contribution is 6.37. The van der Waals surface area contributed by atoms with Crippen LogP contribution in [0.2, 0.25) is 10.0 Å². The summed E-state index contributed by atoms with van der Waals surface area (Å²) in [5.74, 6) is 1.20. The molecule has 0 amide bonds. The van der Waals surface area contributed by atoms with E-state index < -0.39 is 5.97 Å². The second-order valence-corrected chi connectivity index (χ2v) is 7.42. The van der Waals surface area contributed by atoms with Crippen molar-refractivity contribution in [3.8, 4) is 11.5 Å². The van der Waals surface area contributed by atoms with Crippen LogP contribution >= 0.6 is 23.2 Å². The van der Waals surface area contributed by atoms with Gasteiger partial charge in [-0.15, -0.1) is 0 Å². The van der Waals surface area contributed by atoms with Crippen molar-refractivity contribution in [2.75, 3.05) is 13.7 Å². The molecule has 0 saturated carbocycles. The number of cyclic esters (lactones) is 1. The maximum absolute atomic E-state index is 12.2. The molecule has 0 fully saturated rings. The van der Waals surface area contributed by atoms with Gasteiger partial charge in [0.1, 0.15) is 0 Å². The number of ether oxygens (including phenoxy) is 3. The second kappa shape index (κ2) is 8.67. The molecule has 1 aliphatic heterocycles. The Bertz CT molecular complexity index is 967. The van der Waals surface area contributed by atoms with E-state index in [1.165, 1.54) is 0 Å². The fraction of sp³-hybridized carbons (Fsp3) is 0.238. The summed E-state index contributed by atoms with van der Waals surface area (Å²) < 4.78 is 16.4. The zero-order valence-corrected chi connectivity index (χ0v) is 17.2. The van der Waals surface area contributed by atoms with Crippen LogP contribution in [-0.2, 0) is 9.53 Å². The van der Waals surface area contributed by atoms with Crippen molar-refractivity contribution in [1.82, 2.24) is 0 Å². The van der Waals surface area contributed by atoms with Gasteiger partial charge in [0.25, 0.3) is 0 Å². The summed E-state index contributed by atoms with van der Waals surface area (Å²) in [6.45, 7) is 4.72. The summed E-state index contributed by atoms with van der Waals surface area (Å²) in [6.07, 6.45) is 1.62. The summed E-state index contributed by atoms with van der Waals surface area (Å²) in [6, 6.07) is 10.3. The summed E-state index contributed by atoms with van der Waals surface area (Å²) in [5, 5.41) is 0.843. The number of hydrogen-bond donors (Lipinski definition) is 0. The predicted molar refractivity (Wildman–Crippen MR) is 110 cm³/mol. The molecule has 5 nitrogen and oxygen atoms in total. The molecule has 146 valence electrons. The Kier molecular flexibility index (Phi) is 6.27. The first kappa shape index (κ1) is 20.2. The van der Waals surface area contributed by atoms with Gasteiger partial charge in [-0.1, -0.05) is 43.1 Å². The van der Waals surface area contributed by atoms with E-state index in [-0.39, 0.29) is 11.6 Å². The molecule has 0 atom stereocenters. The van der Waals surface area contributed by atoms with Crippen molar-refractivity contribution in [3.05, 3.63) is 63.3 Å². The first-order valence-corrected chi connectivity index (χ1v) is 9.42. The van der Waals surface area contributed by atoms with E-state index >= 15 is 0 Å². The Morgan fingerprint density at radius 3 is 2.61 bits per heavy atom. The maximum atomic E-state index is 12.2. The van der Waals surface area contributed by atoms with Crippen molar-refractivity contribution in [3.63, 3.8) is 0 Å². The molecule has 2 aromatic carbocycles. The number of methoxy groups -OCH3 is 1. The van der Waals surface area contributed by atoms with E-state index in [4.69, 9.17) is 37.4 Å². The second-order valence-electron chi connectivity index (χ2n) is 6.58. The number of halogens is 2. The molecule has 0 saturated heterocycles. The third-order valence-electron chi connectivity index (χ3n) is 3.85. The smallest absolute Gasteiger partial charge is 0.363 e. The SMILES string of the molecule is COc1cc(/C=C2\N=C(c3ccc(Cl)cc3Cl)OC2=O)ccc1OCC(C)C. The van der Waals surface area contributed by atoms with Crippen molar-refractivity contribution in [1.29, 1.82) is 0 Å². The monoisotopic (exact) mass is 419 g/mol. The lowest BCUT2D eigenvalue weighted by molar-refractivity contribution is -0.129. The third kappa shape index (κ3) is 4.66. The van der Waals surface area contributed by atoms with Crippen LogP contribution in [0.5, 0.6) is 11.5 Å². The van der Waals surface area contributed by atoms with Gasteiger partial charge in [0.05, 0.1) is 24.3 Å². The lowest BCUT2D eigenvalue weighted by Gasteiger charge is -2.12. The number of rotatable bonds is 6. The van der Waals surface area contributed by atoms with Gasteiger partial charge in [-0.05, 0) is 47.9 Å². The molecule has 1 heterocycles. The largest absolute Gasteiger partial charge is 0.493 e. The molecule has 0 aromatic heterocycles. The number of hydrogen-bond acceptors (Lipinski definition) is 5. The van der Waals surface area contributed by atoms with Gasteiger partial charge in [0.2, 0.25) is 5.90 Å². The average molecular weight is 420 g/mol. The first-order chi connectivity index (χ1) is 13.4. The van der Waals surface area contributed by atoms with E-state index in [0.717, 1.165) is 5.56 Å². The molecule has 0 spiro atoms. The minimum absolute atomic E-state index is 0.141. The van der Waals surface area contributed by atoms with Crippen LogP contribution in [-0.4, -0.2) is 25.6 Å². The van der Waals surface area contributed by atoms with Crippen LogP contribution in [0.3, 0.4) is 0 Å². The highest BCUT2D eigenvalue weighted by Gasteiger charge is 2.25. The van der Waals surface area contributed by atoms with Crippen LogP contribution in [0.25, 0.3) is 6.08 Å². The van der Waals surface area contributed by atoms with Gasteiger partial charge in [-0.3, -0.25) is 0 Å². The standard InChI is InChI=1S/C21H19Cl2NO4/c1-12(2)11-27-18-7-4-13(9-19(18)26-3)8-17-21(25)28-20(24-17)15-6-5-14(22)10-16(15)23/h4-10,12H,11H2,1-3H3/b17-8-. The number of benzene rings is 2. The van der Waals surface area contributed by atoms with Crippen LogP contribution in [0.1, 0.15) is 25.0 Å². The molecule has 0 aliphatic carbocycles. The van der Waals surface area contributed by atoms with Crippen molar-refractivity contribution >= 4 is 41.1 Å². The van der Waals surface area contributed by atoms with E-state index in [0.29, 0.717) is 39.6 Å². The fourth-order valence-corrected chi connectivity index (χ4v) is 2.98. The third-order valence-corrected chi connectivity index (χ3v) is 4.39. The van der Waals surface area contributed by atoms with E-state index in [1.807, 2.05) is 6.07 Å². The summed E-state index contributed by atoms with van der Waals surface area (Å²) in [4.78, 5) is 16.5. The van der Waals surface area contributed by atoms with E-state index in [1.54, 1.807) is 43.5 Å². The Balaban J connectivity index is 1.88. The normalized spacial score (nSPS) is 15.0. The highest BCUT2D eigenvalue weighted by Crippen LogP contribution is 2.31. The minimum atomic E-state index is -0.555. The first-order valence-electron chi connectivity index (χ1n) is 8.66. The molecular weight excluding hydrogens is 401 g/mol. The van der Waals surface area contributed by atoms with Crippen LogP contribution in [0, 0.1) is 5.92 Å². The molecular formula is C21H19Cl2NO4. The maximum Gasteiger partial charge on any atom is 0.363 e. The Morgan fingerprint density at radius 2 is 1.93 bits per heavy atom. The quantitative estimate of drug-likeness (QED) is 0.465. The number of esters is 1. The van der Waals surface area contributed by atoms with E-state index in [2.05, 4.69) is 18.8 Å².